The molecule has 24 heavy (non-hydrogen) atoms. The zero-order valence-corrected chi connectivity index (χ0v) is 12.7. The highest BCUT2D eigenvalue weighted by molar-refractivity contribution is 5.79. The van der Waals surface area contributed by atoms with E-state index in [1.807, 2.05) is 0 Å². The van der Waals surface area contributed by atoms with Gasteiger partial charge in [0, 0.05) is 24.6 Å². The number of nitrogens with one attached hydrogen (secondary N) is 2. The van der Waals surface area contributed by atoms with Crippen molar-refractivity contribution in [3.63, 3.8) is 0 Å². The van der Waals surface area contributed by atoms with Gasteiger partial charge in [0.2, 0.25) is 5.91 Å². The molecule has 128 valence electrons. The number of hydrogen-bond donors (Lipinski definition) is 2. The van der Waals surface area contributed by atoms with Crippen molar-refractivity contribution in [1.29, 1.82) is 0 Å². The van der Waals surface area contributed by atoms with Gasteiger partial charge in [0.1, 0.15) is 5.75 Å². The lowest BCUT2D eigenvalue weighted by Crippen LogP contribution is -2.33. The average molecular weight is 339 g/mol. The Labute approximate surface area is 136 Å². The number of hydrogen-bond acceptors (Lipinski definition) is 3. The maximum Gasteiger partial charge on any atom is 0.573 e. The second-order valence-corrected chi connectivity index (χ2v) is 5.68. The van der Waals surface area contributed by atoms with Crippen molar-refractivity contribution < 1.29 is 22.7 Å². The van der Waals surface area contributed by atoms with Gasteiger partial charge in [0.25, 0.3) is 0 Å². The summed E-state index contributed by atoms with van der Waals surface area (Å²) in [7, 11) is 0. The van der Waals surface area contributed by atoms with Gasteiger partial charge in [-0.15, -0.1) is 13.2 Å². The van der Waals surface area contributed by atoms with Crippen molar-refractivity contribution in [1.82, 2.24) is 15.3 Å². The number of carbonyl (C=O) groups is 1. The van der Waals surface area contributed by atoms with E-state index in [0.717, 1.165) is 24.2 Å². The molecule has 0 radical (unpaired) electrons. The van der Waals surface area contributed by atoms with Crippen molar-refractivity contribution in [3.05, 3.63) is 47.5 Å². The standard InChI is InChI=1S/C16H16F3N3O2/c17-16(18,19)24-12-4-1-10(2-5-12)8-20-15(23)11-3-6-13-14(7-11)22-9-21-13/h1-2,4-5,9,11H,3,6-8H2,(H,20,23)(H,21,22). The van der Waals surface area contributed by atoms with Crippen LogP contribution in [0.3, 0.4) is 0 Å². The molecule has 5 nitrogen and oxygen atoms in total. The highest BCUT2D eigenvalue weighted by Gasteiger charge is 2.31. The second-order valence-electron chi connectivity index (χ2n) is 5.68. The molecule has 1 aromatic carbocycles. The van der Waals surface area contributed by atoms with E-state index in [1.165, 1.54) is 24.3 Å². The molecule has 0 saturated heterocycles. The molecular formula is C16H16F3N3O2. The zero-order valence-electron chi connectivity index (χ0n) is 12.7. The Morgan fingerprint density at radius 3 is 2.79 bits per heavy atom. The molecule has 1 aromatic heterocycles. The van der Waals surface area contributed by atoms with Gasteiger partial charge in [-0.2, -0.15) is 0 Å². The molecule has 2 aromatic rings. The fraction of sp³-hybridized carbons (Fsp3) is 0.375. The summed E-state index contributed by atoms with van der Waals surface area (Å²) in [5, 5.41) is 2.82. The minimum Gasteiger partial charge on any atom is -0.406 e. The number of fused-ring (bicyclic) bond motifs is 1. The van der Waals surface area contributed by atoms with E-state index in [4.69, 9.17) is 0 Å². The van der Waals surface area contributed by atoms with Crippen LogP contribution >= 0.6 is 0 Å². The van der Waals surface area contributed by atoms with E-state index in [9.17, 15) is 18.0 Å². The Morgan fingerprint density at radius 2 is 2.08 bits per heavy atom. The van der Waals surface area contributed by atoms with E-state index in [1.54, 1.807) is 6.33 Å². The number of rotatable bonds is 4. The minimum atomic E-state index is -4.71. The number of H-pyrrole nitrogens is 1. The van der Waals surface area contributed by atoms with Crippen LogP contribution in [0.1, 0.15) is 23.4 Å². The van der Waals surface area contributed by atoms with Crippen LogP contribution in [0, 0.1) is 5.92 Å². The minimum absolute atomic E-state index is 0.0640. The number of amides is 1. The number of alkyl halides is 3. The van der Waals surface area contributed by atoms with Gasteiger partial charge >= 0.3 is 6.36 Å². The molecule has 1 unspecified atom stereocenters. The molecule has 0 fully saturated rings. The summed E-state index contributed by atoms with van der Waals surface area (Å²) in [4.78, 5) is 19.5. The van der Waals surface area contributed by atoms with Gasteiger partial charge in [-0.05, 0) is 30.5 Å². The fourth-order valence-electron chi connectivity index (χ4n) is 2.77. The maximum absolute atomic E-state index is 12.2. The molecule has 3 rings (SSSR count). The first-order valence-corrected chi connectivity index (χ1v) is 7.54. The van der Waals surface area contributed by atoms with Crippen LogP contribution in [0.25, 0.3) is 0 Å². The third-order valence-electron chi connectivity index (χ3n) is 3.98. The van der Waals surface area contributed by atoms with Crippen LogP contribution < -0.4 is 10.1 Å². The van der Waals surface area contributed by atoms with Crippen molar-refractivity contribution in [2.24, 2.45) is 5.92 Å². The molecule has 8 heteroatoms. The molecule has 1 heterocycles. The number of ether oxygens (including phenoxy) is 1. The van der Waals surface area contributed by atoms with Crippen LogP contribution in [-0.4, -0.2) is 22.2 Å². The van der Waals surface area contributed by atoms with Crippen LogP contribution in [0.5, 0.6) is 5.75 Å². The van der Waals surface area contributed by atoms with Crippen molar-refractivity contribution >= 4 is 5.91 Å². The van der Waals surface area contributed by atoms with E-state index in [2.05, 4.69) is 20.0 Å². The van der Waals surface area contributed by atoms with Gasteiger partial charge in [-0.25, -0.2) is 4.98 Å². The van der Waals surface area contributed by atoms with Crippen LogP contribution in [0.4, 0.5) is 13.2 Å². The Hall–Kier alpha value is -2.51. The summed E-state index contributed by atoms with van der Waals surface area (Å²) in [6, 6.07) is 5.45. The molecule has 0 spiro atoms. The average Bonchev–Trinajstić information content (AvgIpc) is 3.00. The number of aryl methyl sites for hydroxylation is 1. The van der Waals surface area contributed by atoms with Crippen molar-refractivity contribution in [2.75, 3.05) is 0 Å². The predicted molar refractivity (Wildman–Crippen MR) is 79.1 cm³/mol. The van der Waals surface area contributed by atoms with Crippen molar-refractivity contribution in [3.8, 4) is 5.75 Å². The lowest BCUT2D eigenvalue weighted by Gasteiger charge is -2.20. The highest BCUT2D eigenvalue weighted by Crippen LogP contribution is 2.24. The monoisotopic (exact) mass is 339 g/mol. The van der Waals surface area contributed by atoms with E-state index < -0.39 is 6.36 Å². The summed E-state index contributed by atoms with van der Waals surface area (Å²) in [5.74, 6) is -0.465. The third kappa shape index (κ3) is 4.06. The Balaban J connectivity index is 1.51. The molecule has 0 aliphatic heterocycles. The van der Waals surface area contributed by atoms with Gasteiger partial charge in [0.05, 0.1) is 12.0 Å². The summed E-state index contributed by atoms with van der Waals surface area (Å²) in [6.07, 6.45) is -0.945. The first-order chi connectivity index (χ1) is 11.4. The van der Waals surface area contributed by atoms with E-state index in [0.29, 0.717) is 12.0 Å². The Kier molecular flexibility index (Phi) is 4.46. The lowest BCUT2D eigenvalue weighted by molar-refractivity contribution is -0.274. The predicted octanol–water partition coefficient (Wildman–Crippen LogP) is 2.73. The summed E-state index contributed by atoms with van der Waals surface area (Å²) < 4.78 is 40.1. The Bertz CT molecular complexity index is 710. The van der Waals surface area contributed by atoms with Gasteiger partial charge in [-0.3, -0.25) is 4.79 Å². The number of imidazole rings is 1. The van der Waals surface area contributed by atoms with Crippen LogP contribution in [-0.2, 0) is 24.2 Å². The third-order valence-corrected chi connectivity index (χ3v) is 3.98. The lowest BCUT2D eigenvalue weighted by atomic mass is 9.89. The Morgan fingerprint density at radius 1 is 1.33 bits per heavy atom. The highest BCUT2D eigenvalue weighted by atomic mass is 19.4. The molecule has 2 N–H and O–H groups in total. The summed E-state index contributed by atoms with van der Waals surface area (Å²) in [5.41, 5.74) is 2.71. The maximum atomic E-state index is 12.2. The van der Waals surface area contributed by atoms with Crippen LogP contribution in [0.15, 0.2) is 30.6 Å². The first-order valence-electron chi connectivity index (χ1n) is 7.54. The van der Waals surface area contributed by atoms with Gasteiger partial charge in [-0.1, -0.05) is 12.1 Å². The summed E-state index contributed by atoms with van der Waals surface area (Å²) in [6.45, 7) is 0.261. The molecule has 0 saturated carbocycles. The molecule has 1 atom stereocenters. The first kappa shape index (κ1) is 16.4. The van der Waals surface area contributed by atoms with Crippen molar-refractivity contribution in [2.45, 2.75) is 32.2 Å². The normalized spacial score (nSPS) is 17.2. The second kappa shape index (κ2) is 6.54. The smallest absolute Gasteiger partial charge is 0.406 e. The molecule has 0 bridgehead atoms. The van der Waals surface area contributed by atoms with E-state index in [-0.39, 0.29) is 24.1 Å². The van der Waals surface area contributed by atoms with Gasteiger partial charge < -0.3 is 15.0 Å². The number of halogens is 3. The topological polar surface area (TPSA) is 67.0 Å². The summed E-state index contributed by atoms with van der Waals surface area (Å²) >= 11 is 0. The quantitative estimate of drug-likeness (QED) is 0.900. The van der Waals surface area contributed by atoms with Crippen LogP contribution in [0.2, 0.25) is 0 Å². The fourth-order valence-corrected chi connectivity index (χ4v) is 2.77. The number of aromatic nitrogens is 2. The largest absolute Gasteiger partial charge is 0.573 e. The number of carbonyl (C=O) groups excluding carboxylic acids is 1. The molecule has 1 aliphatic carbocycles. The van der Waals surface area contributed by atoms with Gasteiger partial charge in [0.15, 0.2) is 0 Å². The zero-order chi connectivity index (χ0) is 17.2. The number of benzene rings is 1. The number of nitrogens with zero attached hydrogens (tertiary/aromatic N) is 1. The molecule has 1 aliphatic rings. The molecular weight excluding hydrogens is 323 g/mol. The number of aromatic amines is 1. The molecule has 1 amide bonds. The van der Waals surface area contributed by atoms with E-state index >= 15 is 0 Å². The SMILES string of the molecule is O=C(NCc1ccc(OC(F)(F)F)cc1)C1CCc2nc[nH]c2C1.